The molecule has 0 saturated carbocycles. The van der Waals surface area contributed by atoms with E-state index in [1.807, 2.05) is 39.0 Å². The van der Waals surface area contributed by atoms with E-state index in [0.717, 1.165) is 22.2 Å². The molecule has 0 radical (unpaired) electrons. The summed E-state index contributed by atoms with van der Waals surface area (Å²) in [6, 6.07) is 5.97. The standard InChI is InChI=1S/C16H18N6O2S/c1-4-10(3)19-14-13(22(23)24)15(18-8-17-14)21-16-20-12-9(2)6-5-7-11(12)25-16/h5-8,10H,4H2,1-3H3,(H2,17,18,19,20,21). The summed E-state index contributed by atoms with van der Waals surface area (Å²) in [5, 5.41) is 18.1. The molecule has 25 heavy (non-hydrogen) atoms. The summed E-state index contributed by atoms with van der Waals surface area (Å²) in [5.41, 5.74) is 1.75. The Morgan fingerprint density at radius 1 is 1.32 bits per heavy atom. The van der Waals surface area contributed by atoms with E-state index in [-0.39, 0.29) is 23.4 Å². The predicted octanol–water partition coefficient (Wildman–Crippen LogP) is 4.26. The van der Waals surface area contributed by atoms with Crippen LogP contribution in [0.4, 0.5) is 22.5 Å². The normalized spacial score (nSPS) is 12.1. The number of nitrogens with one attached hydrogen (secondary N) is 2. The number of nitro groups is 1. The lowest BCUT2D eigenvalue weighted by Crippen LogP contribution is -2.16. The van der Waals surface area contributed by atoms with Crippen LogP contribution in [0.15, 0.2) is 24.5 Å². The van der Waals surface area contributed by atoms with Crippen LogP contribution in [0, 0.1) is 17.0 Å². The Kier molecular flexibility index (Phi) is 4.75. The van der Waals surface area contributed by atoms with Crippen LogP contribution in [0.5, 0.6) is 0 Å². The zero-order valence-electron chi connectivity index (χ0n) is 14.1. The van der Waals surface area contributed by atoms with Gasteiger partial charge in [0.15, 0.2) is 5.13 Å². The minimum absolute atomic E-state index is 0.0616. The molecule has 2 aromatic heterocycles. The van der Waals surface area contributed by atoms with E-state index in [1.165, 1.54) is 17.7 Å². The van der Waals surface area contributed by atoms with Gasteiger partial charge in [-0.1, -0.05) is 30.4 Å². The van der Waals surface area contributed by atoms with Crippen molar-refractivity contribution >= 4 is 44.0 Å². The van der Waals surface area contributed by atoms with Gasteiger partial charge >= 0.3 is 5.69 Å². The molecule has 9 heteroatoms. The van der Waals surface area contributed by atoms with Gasteiger partial charge in [-0.25, -0.2) is 15.0 Å². The van der Waals surface area contributed by atoms with Crippen molar-refractivity contribution in [1.82, 2.24) is 15.0 Å². The van der Waals surface area contributed by atoms with Crippen LogP contribution in [0.3, 0.4) is 0 Å². The van der Waals surface area contributed by atoms with Crippen LogP contribution in [0.1, 0.15) is 25.8 Å². The summed E-state index contributed by atoms with van der Waals surface area (Å²) in [6.07, 6.45) is 2.12. The lowest BCUT2D eigenvalue weighted by molar-refractivity contribution is -0.383. The Morgan fingerprint density at radius 3 is 2.76 bits per heavy atom. The van der Waals surface area contributed by atoms with E-state index in [4.69, 9.17) is 0 Å². The molecule has 0 amide bonds. The molecule has 1 aromatic carbocycles. The molecular weight excluding hydrogens is 340 g/mol. The Balaban J connectivity index is 1.99. The topological polar surface area (TPSA) is 106 Å². The van der Waals surface area contributed by atoms with Crippen LogP contribution in [-0.2, 0) is 0 Å². The second-order valence-electron chi connectivity index (χ2n) is 5.70. The molecule has 8 nitrogen and oxygen atoms in total. The van der Waals surface area contributed by atoms with Crippen molar-refractivity contribution in [3.63, 3.8) is 0 Å². The average Bonchev–Trinajstić information content (AvgIpc) is 2.98. The molecule has 0 aliphatic carbocycles. The third kappa shape index (κ3) is 3.50. The SMILES string of the molecule is CCC(C)Nc1ncnc(Nc2nc3c(C)cccc3s2)c1[N+](=O)[O-]. The molecule has 3 rings (SSSR count). The number of fused-ring (bicyclic) bond motifs is 1. The highest BCUT2D eigenvalue weighted by Gasteiger charge is 2.24. The summed E-state index contributed by atoms with van der Waals surface area (Å²) in [4.78, 5) is 23.7. The maximum Gasteiger partial charge on any atom is 0.353 e. The molecule has 0 saturated heterocycles. The minimum atomic E-state index is -0.481. The summed E-state index contributed by atoms with van der Waals surface area (Å²) in [7, 11) is 0. The number of hydrogen-bond donors (Lipinski definition) is 2. The first-order chi connectivity index (χ1) is 12.0. The monoisotopic (exact) mass is 358 g/mol. The molecule has 0 fully saturated rings. The molecule has 0 aliphatic rings. The lowest BCUT2D eigenvalue weighted by Gasteiger charge is -2.13. The van der Waals surface area contributed by atoms with Crippen LogP contribution < -0.4 is 10.6 Å². The lowest BCUT2D eigenvalue weighted by atomic mass is 10.2. The Bertz CT molecular complexity index is 926. The van der Waals surface area contributed by atoms with Crippen LogP contribution in [0.2, 0.25) is 0 Å². The quantitative estimate of drug-likeness (QED) is 0.501. The van der Waals surface area contributed by atoms with Gasteiger partial charge < -0.3 is 10.6 Å². The Labute approximate surface area is 148 Å². The van der Waals surface area contributed by atoms with Gasteiger partial charge in [0.25, 0.3) is 0 Å². The Hall–Kier alpha value is -2.81. The zero-order chi connectivity index (χ0) is 18.0. The van der Waals surface area contributed by atoms with Crippen LogP contribution in [0.25, 0.3) is 10.2 Å². The number of nitrogens with zero attached hydrogens (tertiary/aromatic N) is 4. The highest BCUT2D eigenvalue weighted by molar-refractivity contribution is 7.22. The van der Waals surface area contributed by atoms with Crippen molar-refractivity contribution in [3.05, 3.63) is 40.2 Å². The Morgan fingerprint density at radius 2 is 2.08 bits per heavy atom. The molecule has 0 bridgehead atoms. The van der Waals surface area contributed by atoms with Crippen molar-refractivity contribution in [2.45, 2.75) is 33.2 Å². The first kappa shape index (κ1) is 17.0. The van der Waals surface area contributed by atoms with E-state index in [1.54, 1.807) is 0 Å². The number of para-hydroxylation sites is 1. The van der Waals surface area contributed by atoms with E-state index in [2.05, 4.69) is 25.6 Å². The fourth-order valence-electron chi connectivity index (χ4n) is 2.33. The van der Waals surface area contributed by atoms with Gasteiger partial charge in [0, 0.05) is 6.04 Å². The van der Waals surface area contributed by atoms with Crippen LogP contribution >= 0.6 is 11.3 Å². The van der Waals surface area contributed by atoms with Gasteiger partial charge in [-0.15, -0.1) is 0 Å². The summed E-state index contributed by atoms with van der Waals surface area (Å²) in [5.74, 6) is 0.330. The fraction of sp³-hybridized carbons (Fsp3) is 0.312. The van der Waals surface area contributed by atoms with Gasteiger partial charge in [0.05, 0.1) is 15.1 Å². The number of anilines is 3. The molecule has 2 heterocycles. The molecule has 0 aliphatic heterocycles. The molecule has 1 unspecified atom stereocenters. The van der Waals surface area contributed by atoms with Gasteiger partial charge in [0.1, 0.15) is 6.33 Å². The van der Waals surface area contributed by atoms with E-state index >= 15 is 0 Å². The maximum absolute atomic E-state index is 11.6. The molecular formula is C16H18N6O2S. The van der Waals surface area contributed by atoms with Crippen LogP contribution in [-0.4, -0.2) is 25.9 Å². The van der Waals surface area contributed by atoms with E-state index < -0.39 is 4.92 Å². The van der Waals surface area contributed by atoms with Crippen molar-refractivity contribution in [2.24, 2.45) is 0 Å². The number of rotatable bonds is 6. The second-order valence-corrected chi connectivity index (χ2v) is 6.73. The predicted molar refractivity (Wildman–Crippen MR) is 99.7 cm³/mol. The number of thiazole rings is 1. The van der Waals surface area contributed by atoms with Crippen molar-refractivity contribution in [3.8, 4) is 0 Å². The smallest absolute Gasteiger partial charge is 0.353 e. The van der Waals surface area contributed by atoms with Crippen molar-refractivity contribution in [1.29, 1.82) is 0 Å². The van der Waals surface area contributed by atoms with E-state index in [0.29, 0.717) is 5.13 Å². The van der Waals surface area contributed by atoms with Gasteiger partial charge in [-0.3, -0.25) is 10.1 Å². The van der Waals surface area contributed by atoms with Gasteiger partial charge in [-0.05, 0) is 31.9 Å². The van der Waals surface area contributed by atoms with Gasteiger partial charge in [-0.2, -0.15) is 0 Å². The number of hydrogen-bond acceptors (Lipinski definition) is 8. The third-order valence-corrected chi connectivity index (χ3v) is 4.78. The van der Waals surface area contributed by atoms with Gasteiger partial charge in [0.2, 0.25) is 11.6 Å². The third-order valence-electron chi connectivity index (χ3n) is 3.85. The number of benzene rings is 1. The van der Waals surface area contributed by atoms with E-state index in [9.17, 15) is 10.1 Å². The summed E-state index contributed by atoms with van der Waals surface area (Å²) >= 11 is 1.43. The molecule has 1 atom stereocenters. The first-order valence-electron chi connectivity index (χ1n) is 7.88. The second kappa shape index (κ2) is 6.98. The highest BCUT2D eigenvalue weighted by atomic mass is 32.1. The average molecular weight is 358 g/mol. The largest absolute Gasteiger partial charge is 0.362 e. The number of aromatic nitrogens is 3. The number of aryl methyl sites for hydroxylation is 1. The molecule has 2 N–H and O–H groups in total. The first-order valence-corrected chi connectivity index (χ1v) is 8.70. The summed E-state index contributed by atoms with van der Waals surface area (Å²) in [6.45, 7) is 5.91. The van der Waals surface area contributed by atoms with Crippen molar-refractivity contribution in [2.75, 3.05) is 10.6 Å². The van der Waals surface area contributed by atoms with Crippen molar-refractivity contribution < 1.29 is 4.92 Å². The molecule has 0 spiro atoms. The maximum atomic E-state index is 11.6. The fourth-order valence-corrected chi connectivity index (χ4v) is 3.27. The molecule has 3 aromatic rings. The molecule has 130 valence electrons. The summed E-state index contributed by atoms with van der Waals surface area (Å²) < 4.78 is 1.01. The minimum Gasteiger partial charge on any atom is -0.362 e. The highest BCUT2D eigenvalue weighted by Crippen LogP contribution is 2.34. The zero-order valence-corrected chi connectivity index (χ0v) is 14.9.